The van der Waals surface area contributed by atoms with E-state index in [0.717, 1.165) is 17.8 Å². The molecule has 1 amide bonds. The maximum atomic E-state index is 11.7. The molecule has 8 nitrogen and oxygen atoms in total. The Labute approximate surface area is 184 Å². The van der Waals surface area contributed by atoms with Crippen LogP contribution in [0.4, 0.5) is 5.69 Å². The maximum absolute atomic E-state index is 11.7. The fourth-order valence-corrected chi connectivity index (χ4v) is 2.64. The number of guanidine groups is 1. The zero-order valence-electron chi connectivity index (χ0n) is 18.9. The zero-order chi connectivity index (χ0) is 22.6. The molecule has 0 aliphatic heterocycles. The number of benzene rings is 2. The van der Waals surface area contributed by atoms with E-state index in [1.165, 1.54) is 4.90 Å². The molecule has 0 radical (unpaired) electrons. The van der Waals surface area contributed by atoms with Crippen LogP contribution in [-0.2, 0) is 11.3 Å². The lowest BCUT2D eigenvalue weighted by Crippen LogP contribution is -2.30. The van der Waals surface area contributed by atoms with Crippen LogP contribution >= 0.6 is 0 Å². The van der Waals surface area contributed by atoms with Crippen LogP contribution in [0.25, 0.3) is 0 Å². The van der Waals surface area contributed by atoms with Gasteiger partial charge in [-0.25, -0.2) is 4.99 Å². The van der Waals surface area contributed by atoms with E-state index in [0.29, 0.717) is 36.4 Å². The molecule has 2 aromatic rings. The lowest BCUT2D eigenvalue weighted by atomic mass is 10.2. The van der Waals surface area contributed by atoms with E-state index >= 15 is 0 Å². The van der Waals surface area contributed by atoms with Gasteiger partial charge in [0.25, 0.3) is 5.91 Å². The first kappa shape index (κ1) is 23.9. The summed E-state index contributed by atoms with van der Waals surface area (Å²) in [5, 5.41) is 6.52. The average molecular weight is 429 g/mol. The summed E-state index contributed by atoms with van der Waals surface area (Å²) >= 11 is 0. The number of rotatable bonds is 10. The van der Waals surface area contributed by atoms with Gasteiger partial charge in [0.05, 0.1) is 20.3 Å². The number of nitrogens with one attached hydrogen (secondary N) is 2. The molecule has 0 saturated carbocycles. The van der Waals surface area contributed by atoms with Crippen molar-refractivity contribution in [1.29, 1.82) is 0 Å². The molecule has 0 aliphatic carbocycles. The number of ether oxygens (including phenoxy) is 3. The van der Waals surface area contributed by atoms with Gasteiger partial charge < -0.3 is 29.7 Å². The number of carbonyl (C=O) groups excluding carboxylic acids is 1. The average Bonchev–Trinajstić information content (AvgIpc) is 2.76. The number of amides is 1. The van der Waals surface area contributed by atoms with E-state index in [9.17, 15) is 4.79 Å². The van der Waals surface area contributed by atoms with Gasteiger partial charge in [0.15, 0.2) is 24.1 Å². The third kappa shape index (κ3) is 7.73. The van der Waals surface area contributed by atoms with Gasteiger partial charge in [-0.1, -0.05) is 12.1 Å². The van der Waals surface area contributed by atoms with Crippen LogP contribution in [0.15, 0.2) is 47.5 Å². The Morgan fingerprint density at radius 3 is 2.55 bits per heavy atom. The number of likely N-dealkylation sites (N-methyl/N-ethyl adjacent to an activating group) is 1. The number of methoxy groups -OCH3 is 1. The van der Waals surface area contributed by atoms with Crippen LogP contribution in [0.2, 0.25) is 0 Å². The highest BCUT2D eigenvalue weighted by atomic mass is 16.5. The second-order valence-electron chi connectivity index (χ2n) is 6.84. The van der Waals surface area contributed by atoms with Gasteiger partial charge in [-0.2, -0.15) is 0 Å². The Hall–Kier alpha value is -3.42. The molecule has 0 saturated heterocycles. The molecule has 31 heavy (non-hydrogen) atoms. The van der Waals surface area contributed by atoms with Crippen LogP contribution < -0.4 is 24.8 Å². The van der Waals surface area contributed by atoms with Crippen molar-refractivity contribution >= 4 is 17.6 Å². The third-order valence-corrected chi connectivity index (χ3v) is 4.25. The predicted octanol–water partition coefficient (Wildman–Crippen LogP) is 3.14. The van der Waals surface area contributed by atoms with Crippen molar-refractivity contribution in [3.8, 4) is 17.2 Å². The molecule has 2 rings (SSSR count). The molecule has 0 spiro atoms. The summed E-state index contributed by atoms with van der Waals surface area (Å²) < 4.78 is 16.6. The summed E-state index contributed by atoms with van der Waals surface area (Å²) in [6.07, 6.45) is 0. The highest BCUT2D eigenvalue weighted by Crippen LogP contribution is 2.30. The zero-order valence-corrected chi connectivity index (χ0v) is 18.9. The lowest BCUT2D eigenvalue weighted by Gasteiger charge is -2.15. The van der Waals surface area contributed by atoms with Gasteiger partial charge in [-0.15, -0.1) is 0 Å². The van der Waals surface area contributed by atoms with Crippen molar-refractivity contribution in [1.82, 2.24) is 10.2 Å². The third-order valence-electron chi connectivity index (χ3n) is 4.25. The normalized spacial score (nSPS) is 10.9. The topological polar surface area (TPSA) is 84.4 Å². The van der Waals surface area contributed by atoms with Gasteiger partial charge in [0, 0.05) is 32.4 Å². The number of hydrogen-bond acceptors (Lipinski definition) is 5. The number of carbonyl (C=O) groups is 1. The van der Waals surface area contributed by atoms with Crippen LogP contribution in [0.5, 0.6) is 17.2 Å². The Morgan fingerprint density at radius 2 is 1.87 bits per heavy atom. The Kier molecular flexibility index (Phi) is 9.48. The van der Waals surface area contributed by atoms with Crippen LogP contribution in [0.3, 0.4) is 0 Å². The monoisotopic (exact) mass is 428 g/mol. The molecule has 0 atom stereocenters. The number of aliphatic imine (C=N–C) groups is 1. The number of anilines is 1. The summed E-state index contributed by atoms with van der Waals surface area (Å²) in [6, 6.07) is 13.2. The first-order valence-electron chi connectivity index (χ1n) is 10.2. The van der Waals surface area contributed by atoms with E-state index in [2.05, 4.69) is 15.6 Å². The highest BCUT2D eigenvalue weighted by molar-refractivity contribution is 5.93. The molecular weight excluding hydrogens is 396 g/mol. The molecule has 0 fully saturated rings. The van der Waals surface area contributed by atoms with E-state index in [4.69, 9.17) is 14.2 Å². The van der Waals surface area contributed by atoms with E-state index < -0.39 is 0 Å². The molecule has 2 aromatic carbocycles. The van der Waals surface area contributed by atoms with Crippen molar-refractivity contribution in [2.75, 3.05) is 46.3 Å². The summed E-state index contributed by atoms with van der Waals surface area (Å²) in [7, 11) is 5.02. The van der Waals surface area contributed by atoms with Crippen LogP contribution in [0, 0.1) is 0 Å². The van der Waals surface area contributed by atoms with Crippen LogP contribution in [-0.4, -0.2) is 57.7 Å². The minimum absolute atomic E-state index is 0.00352. The molecule has 8 heteroatoms. The van der Waals surface area contributed by atoms with Gasteiger partial charge >= 0.3 is 0 Å². The standard InChI is InChI=1S/C23H32N4O4/c1-6-24-23(26-18-11-12-20(29-5)21(14-18)30-7-2)25-15-17-9-8-10-19(13-17)31-16-22(28)27(3)4/h8-14H,6-7,15-16H2,1-5H3,(H2,24,25,26). The van der Waals surface area contributed by atoms with Crippen molar-refractivity contribution in [3.05, 3.63) is 48.0 Å². The Bertz CT molecular complexity index is 884. The molecular formula is C23H32N4O4. The molecule has 168 valence electrons. The Balaban J connectivity index is 2.08. The first-order chi connectivity index (χ1) is 15.0. The molecule has 0 aromatic heterocycles. The summed E-state index contributed by atoms with van der Waals surface area (Å²) in [5.41, 5.74) is 1.81. The van der Waals surface area contributed by atoms with Gasteiger partial charge in [0.2, 0.25) is 0 Å². The van der Waals surface area contributed by atoms with Crippen LogP contribution in [0.1, 0.15) is 19.4 Å². The molecule has 0 unspecified atom stereocenters. The SMILES string of the molecule is CCNC(=NCc1cccc(OCC(=O)N(C)C)c1)Nc1ccc(OC)c(OCC)c1. The molecule has 0 heterocycles. The fraction of sp³-hybridized carbons (Fsp3) is 0.391. The van der Waals surface area contributed by atoms with Gasteiger partial charge in [-0.3, -0.25) is 4.79 Å². The minimum Gasteiger partial charge on any atom is -0.493 e. The summed E-state index contributed by atoms with van der Waals surface area (Å²) in [5.74, 6) is 2.54. The molecule has 0 aliphatic rings. The van der Waals surface area contributed by atoms with E-state index in [1.807, 2.05) is 56.3 Å². The second kappa shape index (κ2) is 12.3. The molecule has 2 N–H and O–H groups in total. The minimum atomic E-state index is -0.0898. The fourth-order valence-electron chi connectivity index (χ4n) is 2.64. The van der Waals surface area contributed by atoms with Crippen molar-refractivity contribution in [2.45, 2.75) is 20.4 Å². The van der Waals surface area contributed by atoms with Crippen molar-refractivity contribution in [2.24, 2.45) is 4.99 Å². The largest absolute Gasteiger partial charge is 0.493 e. The lowest BCUT2D eigenvalue weighted by molar-refractivity contribution is -0.130. The van der Waals surface area contributed by atoms with Gasteiger partial charge in [-0.05, 0) is 43.7 Å². The number of hydrogen-bond donors (Lipinski definition) is 2. The highest BCUT2D eigenvalue weighted by Gasteiger charge is 2.08. The first-order valence-corrected chi connectivity index (χ1v) is 10.2. The number of nitrogens with zero attached hydrogens (tertiary/aromatic N) is 2. The van der Waals surface area contributed by atoms with E-state index in [1.54, 1.807) is 21.2 Å². The molecule has 0 bridgehead atoms. The summed E-state index contributed by atoms with van der Waals surface area (Å²) in [6.45, 7) is 5.65. The van der Waals surface area contributed by atoms with Crippen molar-refractivity contribution in [3.63, 3.8) is 0 Å². The predicted molar refractivity (Wildman–Crippen MR) is 123 cm³/mol. The smallest absolute Gasteiger partial charge is 0.259 e. The van der Waals surface area contributed by atoms with Crippen molar-refractivity contribution < 1.29 is 19.0 Å². The van der Waals surface area contributed by atoms with Gasteiger partial charge in [0.1, 0.15) is 5.75 Å². The summed E-state index contributed by atoms with van der Waals surface area (Å²) in [4.78, 5) is 17.9. The maximum Gasteiger partial charge on any atom is 0.259 e. The van der Waals surface area contributed by atoms with E-state index in [-0.39, 0.29) is 12.5 Å². The Morgan fingerprint density at radius 1 is 1.06 bits per heavy atom. The quantitative estimate of drug-likeness (QED) is 0.447. The second-order valence-corrected chi connectivity index (χ2v) is 6.84.